The second-order valence-electron chi connectivity index (χ2n) is 2.41. The number of rotatable bonds is 1. The molecule has 0 aromatic heterocycles. The molecule has 0 radical (unpaired) electrons. The van der Waals surface area contributed by atoms with Crippen molar-refractivity contribution >= 4 is 17.4 Å². The molecule has 0 aliphatic rings. The van der Waals surface area contributed by atoms with Gasteiger partial charge in [-0.25, -0.2) is 0 Å². The van der Waals surface area contributed by atoms with Crippen molar-refractivity contribution in [2.24, 2.45) is 0 Å². The average Bonchev–Trinajstić information content (AvgIpc) is 1.94. The van der Waals surface area contributed by atoms with Crippen LogP contribution in [0.15, 0.2) is 24.8 Å². The summed E-state index contributed by atoms with van der Waals surface area (Å²) in [5.41, 5.74) is 1.66. The molecular formula is C9H9ClO. The first-order valence-corrected chi connectivity index (χ1v) is 3.63. The standard InChI is InChI=1S/C9H9ClO/c1-6-5-8(7(2)11)3-4-9(6)10/h3-5,11H,2H2,1H3. The maximum atomic E-state index is 9.00. The lowest BCUT2D eigenvalue weighted by molar-refractivity contribution is 0.514. The second-order valence-corrected chi connectivity index (χ2v) is 2.82. The van der Waals surface area contributed by atoms with Gasteiger partial charge in [0.05, 0.1) is 0 Å². The average molecular weight is 169 g/mol. The van der Waals surface area contributed by atoms with Crippen molar-refractivity contribution in [2.45, 2.75) is 6.92 Å². The van der Waals surface area contributed by atoms with Crippen LogP contribution in [0, 0.1) is 6.92 Å². The maximum absolute atomic E-state index is 9.00. The SMILES string of the molecule is C=C(O)c1ccc(Cl)c(C)c1. The highest BCUT2D eigenvalue weighted by molar-refractivity contribution is 6.31. The monoisotopic (exact) mass is 168 g/mol. The van der Waals surface area contributed by atoms with Gasteiger partial charge in [-0.2, -0.15) is 0 Å². The highest BCUT2D eigenvalue weighted by Crippen LogP contribution is 2.18. The van der Waals surface area contributed by atoms with E-state index in [-0.39, 0.29) is 5.76 Å². The summed E-state index contributed by atoms with van der Waals surface area (Å²) in [5, 5.41) is 9.71. The number of aliphatic hydroxyl groups is 1. The number of halogens is 1. The third kappa shape index (κ3) is 1.75. The Bertz CT molecular complexity index is 292. The van der Waals surface area contributed by atoms with Gasteiger partial charge in [0.25, 0.3) is 0 Å². The number of aryl methyl sites for hydroxylation is 1. The van der Waals surface area contributed by atoms with Crippen molar-refractivity contribution in [3.63, 3.8) is 0 Å². The Morgan fingerprint density at radius 3 is 2.64 bits per heavy atom. The zero-order valence-corrected chi connectivity index (χ0v) is 7.02. The Morgan fingerprint density at radius 2 is 2.18 bits per heavy atom. The third-order valence-electron chi connectivity index (χ3n) is 1.49. The van der Waals surface area contributed by atoms with E-state index in [0.29, 0.717) is 10.6 Å². The smallest absolute Gasteiger partial charge is 0.115 e. The normalized spacial score (nSPS) is 9.64. The molecule has 1 nitrogen and oxygen atoms in total. The molecule has 0 saturated heterocycles. The molecule has 0 fully saturated rings. The van der Waals surface area contributed by atoms with Crippen LogP contribution in [0.2, 0.25) is 5.02 Å². The Labute approximate surface area is 70.9 Å². The van der Waals surface area contributed by atoms with Crippen molar-refractivity contribution in [3.8, 4) is 0 Å². The molecule has 58 valence electrons. The van der Waals surface area contributed by atoms with Crippen LogP contribution in [0.4, 0.5) is 0 Å². The number of hydrogen-bond acceptors (Lipinski definition) is 1. The van der Waals surface area contributed by atoms with Gasteiger partial charge in [0, 0.05) is 10.6 Å². The lowest BCUT2D eigenvalue weighted by Crippen LogP contribution is -1.82. The Balaban J connectivity index is 3.15. The van der Waals surface area contributed by atoms with E-state index in [1.54, 1.807) is 18.2 Å². The van der Waals surface area contributed by atoms with E-state index in [2.05, 4.69) is 6.58 Å². The molecule has 0 amide bonds. The topological polar surface area (TPSA) is 20.2 Å². The lowest BCUT2D eigenvalue weighted by Gasteiger charge is -2.00. The fourth-order valence-corrected chi connectivity index (χ4v) is 0.942. The molecule has 0 spiro atoms. The van der Waals surface area contributed by atoms with Crippen LogP contribution < -0.4 is 0 Å². The summed E-state index contributed by atoms with van der Waals surface area (Å²) in [5.74, 6) is 0.0739. The van der Waals surface area contributed by atoms with Crippen molar-refractivity contribution in [3.05, 3.63) is 40.9 Å². The van der Waals surface area contributed by atoms with Gasteiger partial charge >= 0.3 is 0 Å². The van der Waals surface area contributed by atoms with Crippen molar-refractivity contribution in [2.75, 3.05) is 0 Å². The van der Waals surface area contributed by atoms with Crippen LogP contribution in [0.1, 0.15) is 11.1 Å². The third-order valence-corrected chi connectivity index (χ3v) is 1.92. The quantitative estimate of drug-likeness (QED) is 0.639. The van der Waals surface area contributed by atoms with Crippen LogP contribution in [0.5, 0.6) is 0 Å². The highest BCUT2D eigenvalue weighted by atomic mass is 35.5. The summed E-state index contributed by atoms with van der Waals surface area (Å²) in [7, 11) is 0. The Hall–Kier alpha value is -0.950. The van der Waals surface area contributed by atoms with Crippen LogP contribution in [0.25, 0.3) is 5.76 Å². The summed E-state index contributed by atoms with van der Waals surface area (Å²) in [6, 6.07) is 5.27. The van der Waals surface area contributed by atoms with E-state index >= 15 is 0 Å². The van der Waals surface area contributed by atoms with Gasteiger partial charge in [-0.1, -0.05) is 18.2 Å². The highest BCUT2D eigenvalue weighted by Gasteiger charge is 1.98. The minimum absolute atomic E-state index is 0.0739. The van der Waals surface area contributed by atoms with E-state index < -0.39 is 0 Å². The molecule has 1 aromatic carbocycles. The first-order chi connectivity index (χ1) is 5.11. The van der Waals surface area contributed by atoms with E-state index in [1.165, 1.54) is 0 Å². The first kappa shape index (κ1) is 8.15. The molecule has 0 heterocycles. The van der Waals surface area contributed by atoms with E-state index in [1.807, 2.05) is 6.92 Å². The molecule has 1 aromatic rings. The van der Waals surface area contributed by atoms with Crippen LogP contribution in [-0.2, 0) is 0 Å². The second kappa shape index (κ2) is 2.97. The molecule has 0 bridgehead atoms. The molecule has 1 N–H and O–H groups in total. The van der Waals surface area contributed by atoms with Crippen LogP contribution in [0.3, 0.4) is 0 Å². The summed E-state index contributed by atoms with van der Waals surface area (Å²) in [6.07, 6.45) is 0. The molecule has 0 unspecified atom stereocenters. The van der Waals surface area contributed by atoms with Gasteiger partial charge in [0.2, 0.25) is 0 Å². The molecule has 1 rings (SSSR count). The zero-order valence-electron chi connectivity index (χ0n) is 6.26. The van der Waals surface area contributed by atoms with Crippen molar-refractivity contribution < 1.29 is 5.11 Å². The molecule has 0 aliphatic carbocycles. The van der Waals surface area contributed by atoms with E-state index in [9.17, 15) is 0 Å². The maximum Gasteiger partial charge on any atom is 0.115 e. The molecule has 2 heteroatoms. The van der Waals surface area contributed by atoms with Crippen LogP contribution >= 0.6 is 11.6 Å². The Kier molecular flexibility index (Phi) is 2.20. The zero-order chi connectivity index (χ0) is 8.43. The number of hydrogen-bond donors (Lipinski definition) is 1. The molecule has 0 atom stereocenters. The molecule has 11 heavy (non-hydrogen) atoms. The van der Waals surface area contributed by atoms with Gasteiger partial charge in [-0.15, -0.1) is 0 Å². The van der Waals surface area contributed by atoms with Gasteiger partial charge in [-0.3, -0.25) is 0 Å². The predicted molar refractivity (Wildman–Crippen MR) is 47.9 cm³/mol. The van der Waals surface area contributed by atoms with Gasteiger partial charge in [0.1, 0.15) is 5.76 Å². The summed E-state index contributed by atoms with van der Waals surface area (Å²) < 4.78 is 0. The van der Waals surface area contributed by atoms with Gasteiger partial charge < -0.3 is 5.11 Å². The van der Waals surface area contributed by atoms with Crippen LogP contribution in [-0.4, -0.2) is 5.11 Å². The van der Waals surface area contributed by atoms with E-state index in [4.69, 9.17) is 16.7 Å². The number of benzene rings is 1. The summed E-state index contributed by atoms with van der Waals surface area (Å²) in [6.45, 7) is 5.29. The van der Waals surface area contributed by atoms with E-state index in [0.717, 1.165) is 5.56 Å². The van der Waals surface area contributed by atoms with Crippen molar-refractivity contribution in [1.29, 1.82) is 0 Å². The largest absolute Gasteiger partial charge is 0.508 e. The fourth-order valence-electron chi connectivity index (χ4n) is 0.824. The molecule has 0 aliphatic heterocycles. The molecule has 0 saturated carbocycles. The van der Waals surface area contributed by atoms with Crippen molar-refractivity contribution in [1.82, 2.24) is 0 Å². The van der Waals surface area contributed by atoms with Gasteiger partial charge in [0.15, 0.2) is 0 Å². The molecular weight excluding hydrogens is 160 g/mol. The number of aliphatic hydroxyl groups excluding tert-OH is 1. The minimum atomic E-state index is 0.0739. The lowest BCUT2D eigenvalue weighted by atomic mass is 10.1. The fraction of sp³-hybridized carbons (Fsp3) is 0.111. The first-order valence-electron chi connectivity index (χ1n) is 3.25. The Morgan fingerprint density at radius 1 is 1.55 bits per heavy atom. The summed E-state index contributed by atoms with van der Waals surface area (Å²) in [4.78, 5) is 0. The van der Waals surface area contributed by atoms with Gasteiger partial charge in [-0.05, 0) is 30.7 Å². The summed E-state index contributed by atoms with van der Waals surface area (Å²) >= 11 is 5.77. The predicted octanol–water partition coefficient (Wildman–Crippen LogP) is 3.18. The minimum Gasteiger partial charge on any atom is -0.508 e.